The number of hydrogen-bond acceptors (Lipinski definition) is 3. The van der Waals surface area contributed by atoms with E-state index >= 15 is 0 Å². The van der Waals surface area contributed by atoms with Crippen LogP contribution in [0.3, 0.4) is 0 Å². The third-order valence-electron chi connectivity index (χ3n) is 5.23. The molecule has 1 aromatic carbocycles. The lowest BCUT2D eigenvalue weighted by molar-refractivity contribution is -0.123. The summed E-state index contributed by atoms with van der Waals surface area (Å²) in [4.78, 5) is 22.2. The molecule has 1 fully saturated rings. The number of nitrogens with one attached hydrogen (secondary N) is 2. The zero-order chi connectivity index (χ0) is 18.9. The van der Waals surface area contributed by atoms with Gasteiger partial charge < -0.3 is 4.98 Å². The normalized spacial score (nSPS) is 19.9. The van der Waals surface area contributed by atoms with Crippen molar-refractivity contribution in [1.29, 1.82) is 0 Å². The number of fused-ring (bicyclic) bond motifs is 2. The maximum atomic E-state index is 12.7. The lowest BCUT2D eigenvalue weighted by atomic mass is 9.92. The highest BCUT2D eigenvalue weighted by Gasteiger charge is 2.50. The van der Waals surface area contributed by atoms with Gasteiger partial charge >= 0.3 is 0 Å². The van der Waals surface area contributed by atoms with Crippen LogP contribution in [0, 0.1) is 13.8 Å². The molecule has 2 N–H and O–H groups in total. The number of halogens is 2. The molecule has 0 aliphatic carbocycles. The first kappa shape index (κ1) is 16.8. The molecule has 2 atom stereocenters. The molecule has 1 amide bonds. The average Bonchev–Trinajstić information content (AvgIpc) is 3.27. The topological polar surface area (TPSA) is 77.7 Å². The van der Waals surface area contributed by atoms with E-state index in [2.05, 4.69) is 36.1 Å². The number of alkyl halides is 1. The van der Waals surface area contributed by atoms with E-state index in [1.165, 1.54) is 0 Å². The maximum Gasteiger partial charge on any atom is 0.249 e. The summed E-state index contributed by atoms with van der Waals surface area (Å²) in [5, 5.41) is 8.63. The number of rotatable bonds is 2. The first-order valence-corrected chi connectivity index (χ1v) is 9.76. The van der Waals surface area contributed by atoms with Gasteiger partial charge in [-0.3, -0.25) is 14.8 Å². The van der Waals surface area contributed by atoms with Crippen molar-refractivity contribution in [2.45, 2.75) is 25.3 Å². The van der Waals surface area contributed by atoms with Gasteiger partial charge in [-0.25, -0.2) is 4.98 Å². The largest absolute Gasteiger partial charge is 0.361 e. The second kappa shape index (κ2) is 5.81. The third kappa shape index (κ3) is 2.21. The summed E-state index contributed by atoms with van der Waals surface area (Å²) < 4.78 is 0.914. The van der Waals surface area contributed by atoms with Crippen molar-refractivity contribution in [3.8, 4) is 0 Å². The molecule has 0 bridgehead atoms. The summed E-state index contributed by atoms with van der Waals surface area (Å²) in [6.07, 6.45) is 1.92. The Morgan fingerprint density at radius 1 is 1.26 bits per heavy atom. The molecule has 1 aliphatic rings. The van der Waals surface area contributed by atoms with Crippen molar-refractivity contribution < 1.29 is 4.79 Å². The molecule has 5 rings (SSSR count). The Morgan fingerprint density at radius 3 is 2.85 bits per heavy atom. The molecule has 27 heavy (non-hydrogen) atoms. The first-order chi connectivity index (χ1) is 13.0. The van der Waals surface area contributed by atoms with E-state index in [0.717, 1.165) is 37.6 Å². The number of aryl methyl sites for hydroxylation is 2. The number of aromatic amines is 2. The predicted octanol–water partition coefficient (Wildman–Crippen LogP) is 4.51. The molecule has 0 saturated carbocycles. The van der Waals surface area contributed by atoms with Gasteiger partial charge in [-0.05, 0) is 41.4 Å². The highest BCUT2D eigenvalue weighted by molar-refractivity contribution is 9.10. The molecule has 1 aliphatic heterocycles. The van der Waals surface area contributed by atoms with Crippen LogP contribution in [0.2, 0.25) is 0 Å². The zero-order valence-electron chi connectivity index (χ0n) is 14.5. The van der Waals surface area contributed by atoms with Crippen molar-refractivity contribution in [1.82, 2.24) is 20.2 Å². The van der Waals surface area contributed by atoms with Crippen molar-refractivity contribution in [2.24, 2.45) is 0 Å². The Balaban J connectivity index is 1.69. The molecule has 4 heterocycles. The second-order valence-electron chi connectivity index (χ2n) is 6.75. The fourth-order valence-electron chi connectivity index (χ4n) is 3.85. The van der Waals surface area contributed by atoms with Crippen molar-refractivity contribution >= 4 is 61.2 Å². The van der Waals surface area contributed by atoms with E-state index in [9.17, 15) is 4.79 Å². The average molecular weight is 445 g/mol. The van der Waals surface area contributed by atoms with Crippen molar-refractivity contribution in [3.63, 3.8) is 0 Å². The summed E-state index contributed by atoms with van der Waals surface area (Å²) in [5.74, 6) is 0.407. The van der Waals surface area contributed by atoms with Crippen LogP contribution < -0.4 is 4.90 Å². The Labute approximate surface area is 168 Å². The van der Waals surface area contributed by atoms with Crippen molar-refractivity contribution in [2.75, 3.05) is 4.90 Å². The predicted molar refractivity (Wildman–Crippen MR) is 109 cm³/mol. The molecule has 3 aromatic heterocycles. The molecule has 2 unspecified atom stereocenters. The molecule has 0 radical (unpaired) electrons. The van der Waals surface area contributed by atoms with Crippen LogP contribution in [0.15, 0.2) is 34.9 Å². The molecule has 136 valence electrons. The third-order valence-corrected chi connectivity index (χ3v) is 6.82. The minimum absolute atomic E-state index is 0.156. The van der Waals surface area contributed by atoms with E-state index < -0.39 is 5.38 Å². The number of aromatic nitrogens is 4. The quantitative estimate of drug-likeness (QED) is 0.353. The molecule has 4 aromatic rings. The molecular weight excluding hydrogens is 430 g/mol. The van der Waals surface area contributed by atoms with Crippen molar-refractivity contribution in [3.05, 3.63) is 51.8 Å². The van der Waals surface area contributed by atoms with Crippen LogP contribution in [0.25, 0.3) is 21.9 Å². The van der Waals surface area contributed by atoms with E-state index in [1.54, 1.807) is 4.90 Å². The molecule has 0 spiro atoms. The monoisotopic (exact) mass is 443 g/mol. The number of β-lactam (4-membered cyclic amide) rings is 1. The first-order valence-electron chi connectivity index (χ1n) is 8.53. The highest BCUT2D eigenvalue weighted by Crippen LogP contribution is 2.46. The number of H-pyrrole nitrogens is 2. The van der Waals surface area contributed by atoms with Crippen LogP contribution >= 0.6 is 27.5 Å². The minimum Gasteiger partial charge on any atom is -0.361 e. The number of anilines is 1. The van der Waals surface area contributed by atoms with Crippen LogP contribution in [-0.4, -0.2) is 31.4 Å². The zero-order valence-corrected chi connectivity index (χ0v) is 16.9. The second-order valence-corrected chi connectivity index (χ2v) is 8.01. The smallest absolute Gasteiger partial charge is 0.249 e. The van der Waals surface area contributed by atoms with Gasteiger partial charge in [0.25, 0.3) is 0 Å². The summed E-state index contributed by atoms with van der Waals surface area (Å²) >= 11 is 10.0. The number of benzene rings is 1. The summed E-state index contributed by atoms with van der Waals surface area (Å²) in [5.41, 5.74) is 4.52. The summed E-state index contributed by atoms with van der Waals surface area (Å²) in [6, 6.07) is 7.69. The number of amides is 1. The molecule has 1 saturated heterocycles. The van der Waals surface area contributed by atoms with E-state index in [1.807, 2.05) is 44.3 Å². The maximum absolute atomic E-state index is 12.7. The van der Waals surface area contributed by atoms with E-state index in [0.29, 0.717) is 11.5 Å². The Kier molecular flexibility index (Phi) is 3.61. The van der Waals surface area contributed by atoms with E-state index in [4.69, 9.17) is 11.6 Å². The standard InChI is InChI=1S/C19H15BrClN5O/c1-8-13-17(23-9(2)14(8)20)24-25-18(13)26-16(15(21)19(26)27)11-7-22-12-6-4-3-5-10(11)12/h3-7,15-16,22H,1-2H3,(H,23,24,25). The summed E-state index contributed by atoms with van der Waals surface area (Å²) in [6.45, 7) is 3.92. The van der Waals surface area contributed by atoms with Crippen LogP contribution in [0.4, 0.5) is 5.82 Å². The molecular formula is C19H15BrClN5O. The van der Waals surface area contributed by atoms with Crippen LogP contribution in [-0.2, 0) is 4.79 Å². The number of pyridine rings is 1. The van der Waals surface area contributed by atoms with Gasteiger partial charge in [-0.1, -0.05) is 18.2 Å². The van der Waals surface area contributed by atoms with Gasteiger partial charge in [0.15, 0.2) is 11.5 Å². The Hall–Kier alpha value is -2.38. The number of carbonyl (C=O) groups excluding carboxylic acids is 1. The number of carbonyl (C=O) groups is 1. The number of nitrogens with zero attached hydrogens (tertiary/aromatic N) is 3. The van der Waals surface area contributed by atoms with Gasteiger partial charge in [0.2, 0.25) is 5.91 Å². The molecule has 8 heteroatoms. The highest BCUT2D eigenvalue weighted by atomic mass is 79.9. The fourth-order valence-corrected chi connectivity index (χ4v) is 4.49. The number of para-hydroxylation sites is 1. The fraction of sp³-hybridized carbons (Fsp3) is 0.211. The minimum atomic E-state index is -0.627. The van der Waals surface area contributed by atoms with Gasteiger partial charge in [0.1, 0.15) is 5.38 Å². The lowest BCUT2D eigenvalue weighted by Crippen LogP contribution is -2.56. The number of hydrogen-bond donors (Lipinski definition) is 2. The van der Waals surface area contributed by atoms with E-state index in [-0.39, 0.29) is 11.9 Å². The van der Waals surface area contributed by atoms with Crippen LogP contribution in [0.1, 0.15) is 22.9 Å². The van der Waals surface area contributed by atoms with Crippen LogP contribution in [0.5, 0.6) is 0 Å². The van der Waals surface area contributed by atoms with Gasteiger partial charge in [0, 0.05) is 27.1 Å². The van der Waals surface area contributed by atoms with Gasteiger partial charge in [0.05, 0.1) is 17.1 Å². The lowest BCUT2D eigenvalue weighted by Gasteiger charge is -2.43. The van der Waals surface area contributed by atoms with Gasteiger partial charge in [-0.15, -0.1) is 11.6 Å². The SMILES string of the molecule is Cc1nc2[nH]nc(N3C(=O)C(Cl)C3c3c[nH]c4ccccc34)c2c(C)c1Br. The molecule has 6 nitrogen and oxygen atoms in total. The van der Waals surface area contributed by atoms with Gasteiger partial charge in [-0.2, -0.15) is 5.10 Å². The Morgan fingerprint density at radius 2 is 2.04 bits per heavy atom. The summed E-state index contributed by atoms with van der Waals surface area (Å²) in [7, 11) is 0. The Bertz CT molecular complexity index is 1230.